The average Bonchev–Trinajstić information content (AvgIpc) is 3.09. The van der Waals surface area contributed by atoms with Gasteiger partial charge in [-0.15, -0.1) is 0 Å². The Bertz CT molecular complexity index is 835. The number of fused-ring (bicyclic) bond motifs is 5. The summed E-state index contributed by atoms with van der Waals surface area (Å²) in [6, 6.07) is 0. The van der Waals surface area contributed by atoms with Crippen molar-refractivity contribution < 1.29 is 5.11 Å². The fourth-order valence-electron chi connectivity index (χ4n) is 10.8. The molecule has 0 heterocycles. The highest BCUT2D eigenvalue weighted by molar-refractivity contribution is 5.32. The standard InChI is InChI=1S/C32H54O/c1-21(12-16-29(6)20-27(29,2)3)22-13-18-32(9)24-10-11-25-28(4,5)26(33)15-17-30(25,7)23(24)14-19-31(22,32)8/h14,21-22,24-26,33H,10-13,15-20H2,1-9H3/t21-,22-,24-,25+,26+,29+,30-,31-,32+/m1/s1. The zero-order valence-corrected chi connectivity index (χ0v) is 23.5. The zero-order valence-electron chi connectivity index (χ0n) is 23.5. The molecule has 1 heteroatoms. The van der Waals surface area contributed by atoms with Gasteiger partial charge in [-0.2, -0.15) is 0 Å². The number of hydrogen-bond acceptors (Lipinski definition) is 1. The van der Waals surface area contributed by atoms with Gasteiger partial charge >= 0.3 is 0 Å². The van der Waals surface area contributed by atoms with E-state index in [9.17, 15) is 5.11 Å². The van der Waals surface area contributed by atoms with Gasteiger partial charge in [0.25, 0.3) is 0 Å². The summed E-state index contributed by atoms with van der Waals surface area (Å²) >= 11 is 0. The Hall–Kier alpha value is -0.300. The molecule has 188 valence electrons. The maximum absolute atomic E-state index is 10.8. The van der Waals surface area contributed by atoms with Crippen molar-refractivity contribution in [3.8, 4) is 0 Å². The van der Waals surface area contributed by atoms with Gasteiger partial charge in [0.1, 0.15) is 0 Å². The van der Waals surface area contributed by atoms with Crippen LogP contribution in [0.15, 0.2) is 11.6 Å². The van der Waals surface area contributed by atoms with E-state index in [2.05, 4.69) is 68.4 Å². The van der Waals surface area contributed by atoms with E-state index in [0.29, 0.717) is 33.0 Å². The maximum atomic E-state index is 10.8. The normalized spacial score (nSPS) is 52.8. The van der Waals surface area contributed by atoms with Gasteiger partial charge in [0, 0.05) is 0 Å². The molecule has 9 atom stereocenters. The first kappa shape index (κ1) is 24.4. The van der Waals surface area contributed by atoms with Crippen molar-refractivity contribution >= 4 is 0 Å². The Morgan fingerprint density at radius 3 is 2.21 bits per heavy atom. The highest BCUT2D eigenvalue weighted by Crippen LogP contribution is 2.73. The maximum Gasteiger partial charge on any atom is 0.0594 e. The zero-order chi connectivity index (χ0) is 24.2. The topological polar surface area (TPSA) is 20.2 Å². The highest BCUT2D eigenvalue weighted by Gasteiger charge is 2.65. The summed E-state index contributed by atoms with van der Waals surface area (Å²) in [6.07, 6.45) is 15.9. The van der Waals surface area contributed by atoms with Gasteiger partial charge in [0.15, 0.2) is 0 Å². The first-order chi connectivity index (χ1) is 15.1. The number of hydrogen-bond donors (Lipinski definition) is 1. The van der Waals surface area contributed by atoms with E-state index in [4.69, 9.17) is 0 Å². The lowest BCUT2D eigenvalue weighted by molar-refractivity contribution is -0.118. The molecule has 1 nitrogen and oxygen atoms in total. The molecule has 5 aliphatic rings. The summed E-state index contributed by atoms with van der Waals surface area (Å²) in [5, 5.41) is 10.8. The van der Waals surface area contributed by atoms with Gasteiger partial charge in [-0.05, 0) is 120 Å². The van der Waals surface area contributed by atoms with Crippen molar-refractivity contribution in [2.24, 2.45) is 56.2 Å². The summed E-state index contributed by atoms with van der Waals surface area (Å²) in [5.41, 5.74) is 4.22. The Balaban J connectivity index is 1.40. The fraction of sp³-hybridized carbons (Fsp3) is 0.938. The highest BCUT2D eigenvalue weighted by atomic mass is 16.3. The van der Waals surface area contributed by atoms with Crippen molar-refractivity contribution in [3.63, 3.8) is 0 Å². The van der Waals surface area contributed by atoms with Crippen LogP contribution in [0.1, 0.15) is 127 Å². The molecule has 33 heavy (non-hydrogen) atoms. The fourth-order valence-corrected chi connectivity index (χ4v) is 10.8. The third-order valence-corrected chi connectivity index (χ3v) is 14.0. The third kappa shape index (κ3) is 3.12. The lowest BCUT2D eigenvalue weighted by Crippen LogP contribution is -2.57. The SMILES string of the molecule is C[C@H](CC[C@@]1(C)CC1(C)C)[C@H]1CC[C@@]2(C)[C@@H]3CC[C@H]4C(C)(C)[C@@H](O)CC[C@]4(C)C3=CC[C@]12C. The smallest absolute Gasteiger partial charge is 0.0594 e. The first-order valence-electron chi connectivity index (χ1n) is 14.5. The Morgan fingerprint density at radius 1 is 0.909 bits per heavy atom. The average molecular weight is 455 g/mol. The molecule has 0 aromatic carbocycles. The van der Waals surface area contributed by atoms with Crippen molar-refractivity contribution in [1.29, 1.82) is 0 Å². The van der Waals surface area contributed by atoms with E-state index < -0.39 is 0 Å². The Labute approximate surface area is 205 Å². The predicted molar refractivity (Wildman–Crippen MR) is 140 cm³/mol. The van der Waals surface area contributed by atoms with Crippen LogP contribution in [0.5, 0.6) is 0 Å². The molecule has 0 aromatic heterocycles. The molecule has 0 amide bonds. The number of aliphatic hydroxyl groups is 1. The lowest BCUT2D eigenvalue weighted by Gasteiger charge is -2.64. The van der Waals surface area contributed by atoms with Crippen molar-refractivity contribution in [3.05, 3.63) is 11.6 Å². The minimum absolute atomic E-state index is 0.0416. The predicted octanol–water partition coefficient (Wildman–Crippen LogP) is 8.81. The molecule has 5 rings (SSSR count). The van der Waals surface area contributed by atoms with E-state index in [1.807, 2.05) is 5.57 Å². The molecule has 4 fully saturated rings. The number of aliphatic hydroxyl groups excluding tert-OH is 1. The Morgan fingerprint density at radius 2 is 1.58 bits per heavy atom. The largest absolute Gasteiger partial charge is 0.393 e. The summed E-state index contributed by atoms with van der Waals surface area (Å²) in [6.45, 7) is 22.8. The second-order valence-corrected chi connectivity index (χ2v) is 16.0. The van der Waals surface area contributed by atoms with Gasteiger partial charge < -0.3 is 5.11 Å². The first-order valence-corrected chi connectivity index (χ1v) is 14.5. The van der Waals surface area contributed by atoms with Crippen LogP contribution < -0.4 is 0 Å². The molecule has 0 unspecified atom stereocenters. The van der Waals surface area contributed by atoms with E-state index in [1.165, 1.54) is 57.8 Å². The molecule has 1 N–H and O–H groups in total. The minimum atomic E-state index is -0.132. The molecular formula is C32H54O. The van der Waals surface area contributed by atoms with Crippen molar-refractivity contribution in [1.82, 2.24) is 0 Å². The second-order valence-electron chi connectivity index (χ2n) is 16.0. The van der Waals surface area contributed by atoms with E-state index >= 15 is 0 Å². The molecule has 5 aliphatic carbocycles. The Kier molecular flexibility index (Phi) is 5.28. The third-order valence-electron chi connectivity index (χ3n) is 14.0. The second kappa shape index (κ2) is 7.14. The van der Waals surface area contributed by atoms with Gasteiger partial charge in [0.05, 0.1) is 6.10 Å². The molecule has 0 radical (unpaired) electrons. The quantitative estimate of drug-likeness (QED) is 0.421. The number of rotatable bonds is 4. The molecular weight excluding hydrogens is 400 g/mol. The summed E-state index contributed by atoms with van der Waals surface area (Å²) < 4.78 is 0. The van der Waals surface area contributed by atoms with Crippen molar-refractivity contribution in [2.75, 3.05) is 0 Å². The van der Waals surface area contributed by atoms with Crippen LogP contribution in [0.3, 0.4) is 0 Å². The molecule has 0 spiro atoms. The van der Waals surface area contributed by atoms with E-state index in [0.717, 1.165) is 24.2 Å². The van der Waals surface area contributed by atoms with Gasteiger partial charge in [-0.1, -0.05) is 74.0 Å². The summed E-state index contributed by atoms with van der Waals surface area (Å²) in [5.74, 6) is 3.11. The van der Waals surface area contributed by atoms with E-state index in [-0.39, 0.29) is 11.5 Å². The van der Waals surface area contributed by atoms with E-state index in [1.54, 1.807) is 0 Å². The van der Waals surface area contributed by atoms with Crippen molar-refractivity contribution in [2.45, 2.75) is 133 Å². The molecule has 0 aliphatic heterocycles. The van der Waals surface area contributed by atoms with Crippen LogP contribution in [0.25, 0.3) is 0 Å². The van der Waals surface area contributed by atoms with Gasteiger partial charge in [-0.3, -0.25) is 0 Å². The van der Waals surface area contributed by atoms with Crippen LogP contribution in [0, 0.1) is 56.2 Å². The summed E-state index contributed by atoms with van der Waals surface area (Å²) in [4.78, 5) is 0. The van der Waals surface area contributed by atoms with Crippen LogP contribution in [0.2, 0.25) is 0 Å². The molecule has 0 saturated heterocycles. The van der Waals surface area contributed by atoms with Crippen LogP contribution in [0.4, 0.5) is 0 Å². The molecule has 4 saturated carbocycles. The van der Waals surface area contributed by atoms with Gasteiger partial charge in [-0.25, -0.2) is 0 Å². The summed E-state index contributed by atoms with van der Waals surface area (Å²) in [7, 11) is 0. The van der Waals surface area contributed by atoms with Crippen LogP contribution in [-0.4, -0.2) is 11.2 Å². The van der Waals surface area contributed by atoms with Gasteiger partial charge in [0.2, 0.25) is 0 Å². The molecule has 0 bridgehead atoms. The minimum Gasteiger partial charge on any atom is -0.393 e. The monoisotopic (exact) mass is 454 g/mol. The lowest BCUT2D eigenvalue weighted by atomic mass is 9.41. The molecule has 0 aromatic rings. The number of allylic oxidation sites excluding steroid dienone is 2. The van der Waals surface area contributed by atoms with Crippen LogP contribution >= 0.6 is 0 Å². The van der Waals surface area contributed by atoms with Crippen LogP contribution in [-0.2, 0) is 0 Å².